The van der Waals surface area contributed by atoms with Gasteiger partial charge in [-0.2, -0.15) is 4.99 Å². The van der Waals surface area contributed by atoms with E-state index in [1.165, 1.54) is 6.07 Å². The molecule has 1 aromatic carbocycles. The zero-order valence-corrected chi connectivity index (χ0v) is 14.9. The van der Waals surface area contributed by atoms with E-state index in [2.05, 4.69) is 9.98 Å². The highest BCUT2D eigenvalue weighted by Crippen LogP contribution is 2.32. The van der Waals surface area contributed by atoms with Gasteiger partial charge in [0.15, 0.2) is 15.8 Å². The number of aromatic nitrogens is 1. The van der Waals surface area contributed by atoms with E-state index in [9.17, 15) is 13.2 Å². The Balaban J connectivity index is 2.68. The molecule has 1 amide bonds. The van der Waals surface area contributed by atoms with Crippen molar-refractivity contribution in [3.63, 3.8) is 0 Å². The first kappa shape index (κ1) is 18.4. The Morgan fingerprint density at radius 3 is 2.44 bits per heavy atom. The van der Waals surface area contributed by atoms with Crippen LogP contribution in [-0.2, 0) is 9.84 Å². The molecule has 0 atom stereocenters. The molecule has 0 bridgehead atoms. The van der Waals surface area contributed by atoms with Crippen LogP contribution in [0.4, 0.5) is 11.5 Å². The van der Waals surface area contributed by atoms with Crippen molar-refractivity contribution in [2.24, 2.45) is 16.5 Å². The molecule has 0 aliphatic rings. The van der Waals surface area contributed by atoms with E-state index in [0.29, 0.717) is 17.1 Å². The zero-order chi connectivity index (χ0) is 18.8. The number of carbonyl (C=O) groups is 1. The van der Waals surface area contributed by atoms with Crippen LogP contribution >= 0.6 is 0 Å². The van der Waals surface area contributed by atoms with Crippen LogP contribution in [0.2, 0.25) is 0 Å². The first-order chi connectivity index (χ1) is 11.6. The molecule has 0 saturated carbocycles. The topological polar surface area (TPSA) is 132 Å². The smallest absolute Gasteiger partial charge is 0.280 e. The molecular formula is C16H19N5O3S. The molecule has 1 heterocycles. The number of hydrogen-bond acceptors (Lipinski definition) is 5. The minimum atomic E-state index is -3.62. The van der Waals surface area contributed by atoms with E-state index >= 15 is 0 Å². The number of pyridine rings is 1. The van der Waals surface area contributed by atoms with Gasteiger partial charge in [0.1, 0.15) is 5.82 Å². The third kappa shape index (κ3) is 4.13. The number of amides is 1. The lowest BCUT2D eigenvalue weighted by atomic mass is 10.1. The lowest BCUT2D eigenvalue weighted by Gasteiger charge is -2.22. The quantitative estimate of drug-likeness (QED) is 0.612. The van der Waals surface area contributed by atoms with Gasteiger partial charge in [0.05, 0.1) is 10.6 Å². The summed E-state index contributed by atoms with van der Waals surface area (Å²) >= 11 is 0. The van der Waals surface area contributed by atoms with Crippen molar-refractivity contribution < 1.29 is 13.2 Å². The van der Waals surface area contributed by atoms with Gasteiger partial charge in [-0.1, -0.05) is 6.07 Å². The minimum absolute atomic E-state index is 0.0135. The maximum Gasteiger partial charge on any atom is 0.280 e. The molecule has 8 nitrogen and oxygen atoms in total. The predicted molar refractivity (Wildman–Crippen MR) is 96.7 cm³/mol. The fraction of sp³-hybridized carbons (Fsp3) is 0.188. The second kappa shape index (κ2) is 6.89. The van der Waals surface area contributed by atoms with Crippen LogP contribution in [0.15, 0.2) is 46.4 Å². The van der Waals surface area contributed by atoms with E-state index in [1.807, 2.05) is 0 Å². The average molecular weight is 361 g/mol. The Bertz CT molecular complexity index is 936. The molecule has 0 aliphatic carbocycles. The monoisotopic (exact) mass is 361 g/mol. The second-order valence-corrected chi connectivity index (χ2v) is 7.48. The number of anilines is 2. The Morgan fingerprint density at radius 2 is 1.92 bits per heavy atom. The normalized spacial score (nSPS) is 11.0. The number of aliphatic imine (C=N–C) groups is 1. The summed E-state index contributed by atoms with van der Waals surface area (Å²) in [6.07, 6.45) is 2.68. The summed E-state index contributed by atoms with van der Waals surface area (Å²) in [5.41, 5.74) is 11.5. The molecular weight excluding hydrogens is 342 g/mol. The number of carbonyl (C=O) groups excluding carboxylic acids is 1. The van der Waals surface area contributed by atoms with Crippen molar-refractivity contribution in [2.45, 2.75) is 11.8 Å². The van der Waals surface area contributed by atoms with Crippen molar-refractivity contribution in [2.75, 3.05) is 18.2 Å². The van der Waals surface area contributed by atoms with Crippen LogP contribution in [0.5, 0.6) is 0 Å². The summed E-state index contributed by atoms with van der Waals surface area (Å²) in [4.78, 5) is 21.5. The largest absolute Gasteiger partial charge is 0.370 e. The van der Waals surface area contributed by atoms with Gasteiger partial charge in [0.25, 0.3) is 5.91 Å². The van der Waals surface area contributed by atoms with Crippen LogP contribution in [-0.4, -0.2) is 38.6 Å². The van der Waals surface area contributed by atoms with Gasteiger partial charge in [0, 0.05) is 25.1 Å². The number of aryl methyl sites for hydroxylation is 1. The summed E-state index contributed by atoms with van der Waals surface area (Å²) in [6.45, 7) is 1.68. The SMILES string of the molecule is Cc1cc(N(C)c2ccccn2)c(S(C)(=O)=O)cc1C(=O)N=C(N)N. The summed E-state index contributed by atoms with van der Waals surface area (Å²) in [5, 5.41) is 0. The summed E-state index contributed by atoms with van der Waals surface area (Å²) in [6, 6.07) is 8.19. The third-order valence-corrected chi connectivity index (χ3v) is 4.65. The van der Waals surface area contributed by atoms with Gasteiger partial charge >= 0.3 is 0 Å². The highest BCUT2D eigenvalue weighted by molar-refractivity contribution is 7.90. The standard InChI is InChI=1S/C16H19N5O3S/c1-10-8-12(21(2)14-6-4-5-7-19-14)13(25(3,23)24)9-11(10)15(22)20-16(17)18/h4-9H,1-3H3,(H4,17,18,20,22). The summed E-state index contributed by atoms with van der Waals surface area (Å²) in [7, 11) is -1.92. The molecule has 4 N–H and O–H groups in total. The van der Waals surface area contributed by atoms with Crippen molar-refractivity contribution in [3.8, 4) is 0 Å². The molecule has 0 saturated heterocycles. The maximum absolute atomic E-state index is 12.3. The highest BCUT2D eigenvalue weighted by atomic mass is 32.2. The number of guanidine groups is 1. The first-order valence-electron chi connectivity index (χ1n) is 7.24. The van der Waals surface area contributed by atoms with Gasteiger partial charge in [0.2, 0.25) is 0 Å². The number of hydrogen-bond donors (Lipinski definition) is 2. The van der Waals surface area contributed by atoms with Crippen LogP contribution in [0.1, 0.15) is 15.9 Å². The number of rotatable bonds is 4. The number of nitrogens with two attached hydrogens (primary N) is 2. The molecule has 2 rings (SSSR count). The maximum atomic E-state index is 12.3. The first-order valence-corrected chi connectivity index (χ1v) is 9.14. The molecule has 2 aromatic rings. The zero-order valence-electron chi connectivity index (χ0n) is 14.1. The Kier molecular flexibility index (Phi) is 5.07. The van der Waals surface area contributed by atoms with Crippen LogP contribution < -0.4 is 16.4 Å². The van der Waals surface area contributed by atoms with Gasteiger partial charge in [-0.25, -0.2) is 13.4 Å². The van der Waals surface area contributed by atoms with E-state index in [1.54, 1.807) is 49.3 Å². The highest BCUT2D eigenvalue weighted by Gasteiger charge is 2.22. The second-order valence-electron chi connectivity index (χ2n) is 5.50. The summed E-state index contributed by atoms with van der Waals surface area (Å²) in [5.74, 6) is -0.524. The summed E-state index contributed by atoms with van der Waals surface area (Å²) < 4.78 is 24.5. The fourth-order valence-corrected chi connectivity index (χ4v) is 3.22. The lowest BCUT2D eigenvalue weighted by molar-refractivity contribution is 0.100. The van der Waals surface area contributed by atoms with Gasteiger partial charge in [-0.15, -0.1) is 0 Å². The molecule has 9 heteroatoms. The number of nitrogens with zero attached hydrogens (tertiary/aromatic N) is 3. The lowest BCUT2D eigenvalue weighted by Crippen LogP contribution is -2.24. The Labute approximate surface area is 146 Å². The minimum Gasteiger partial charge on any atom is -0.370 e. The van der Waals surface area contributed by atoms with Crippen LogP contribution in [0.25, 0.3) is 0 Å². The molecule has 0 fully saturated rings. The van der Waals surface area contributed by atoms with Gasteiger partial charge in [-0.3, -0.25) is 4.79 Å². The number of sulfone groups is 1. The van der Waals surface area contributed by atoms with Crippen LogP contribution in [0.3, 0.4) is 0 Å². The van der Waals surface area contributed by atoms with Crippen molar-refractivity contribution >= 4 is 33.2 Å². The van der Waals surface area contributed by atoms with Crippen molar-refractivity contribution in [3.05, 3.63) is 47.7 Å². The molecule has 25 heavy (non-hydrogen) atoms. The fourth-order valence-electron chi connectivity index (χ4n) is 2.32. The van der Waals surface area contributed by atoms with Crippen molar-refractivity contribution in [1.82, 2.24) is 4.98 Å². The molecule has 0 spiro atoms. The van der Waals surface area contributed by atoms with E-state index < -0.39 is 15.7 Å². The van der Waals surface area contributed by atoms with Crippen molar-refractivity contribution in [1.29, 1.82) is 0 Å². The molecule has 132 valence electrons. The van der Waals surface area contributed by atoms with Crippen LogP contribution in [0, 0.1) is 6.92 Å². The molecule has 0 aliphatic heterocycles. The Hall–Kier alpha value is -2.94. The average Bonchev–Trinajstić information content (AvgIpc) is 2.52. The van der Waals surface area contributed by atoms with E-state index in [0.717, 1.165) is 6.26 Å². The third-order valence-electron chi connectivity index (χ3n) is 3.52. The van der Waals surface area contributed by atoms with E-state index in [4.69, 9.17) is 11.5 Å². The molecule has 0 radical (unpaired) electrons. The molecule has 0 unspecified atom stereocenters. The predicted octanol–water partition coefficient (Wildman–Crippen LogP) is 0.975. The molecule has 1 aromatic heterocycles. The Morgan fingerprint density at radius 1 is 1.24 bits per heavy atom. The van der Waals surface area contributed by atoms with Gasteiger partial charge in [-0.05, 0) is 36.8 Å². The van der Waals surface area contributed by atoms with Gasteiger partial charge < -0.3 is 16.4 Å². The number of benzene rings is 1. The van der Waals surface area contributed by atoms with E-state index in [-0.39, 0.29) is 16.4 Å².